The summed E-state index contributed by atoms with van der Waals surface area (Å²) in [5.41, 5.74) is 7.04. The van der Waals surface area contributed by atoms with E-state index in [1.807, 2.05) is 11.9 Å². The standard InChI is InChI=1S/C12H16Cl2N2O/c1-16(6-7-2-9(17)3-7)12-10(13)4-8(15)5-11(12)14/h4-5,7,9,17H,2-3,6,15H2,1H3. The van der Waals surface area contributed by atoms with Gasteiger partial charge in [0.25, 0.3) is 0 Å². The summed E-state index contributed by atoms with van der Waals surface area (Å²) in [7, 11) is 1.95. The number of hydrogen-bond acceptors (Lipinski definition) is 3. The molecule has 0 unspecified atom stereocenters. The third-order valence-corrected chi connectivity index (χ3v) is 3.74. The second kappa shape index (κ2) is 4.92. The first-order chi connectivity index (χ1) is 7.97. The average Bonchev–Trinajstić information content (AvgIpc) is 2.13. The van der Waals surface area contributed by atoms with Crippen molar-refractivity contribution in [3.05, 3.63) is 22.2 Å². The summed E-state index contributed by atoms with van der Waals surface area (Å²) in [5, 5.41) is 10.4. The van der Waals surface area contributed by atoms with Gasteiger partial charge in [-0.3, -0.25) is 0 Å². The van der Waals surface area contributed by atoms with E-state index in [1.54, 1.807) is 12.1 Å². The molecule has 0 radical (unpaired) electrons. The van der Waals surface area contributed by atoms with Gasteiger partial charge in [-0.2, -0.15) is 0 Å². The molecule has 1 aromatic carbocycles. The van der Waals surface area contributed by atoms with Crippen molar-refractivity contribution in [2.45, 2.75) is 18.9 Å². The molecule has 0 atom stereocenters. The van der Waals surface area contributed by atoms with E-state index in [0.717, 1.165) is 25.1 Å². The van der Waals surface area contributed by atoms with Crippen LogP contribution in [0.5, 0.6) is 0 Å². The molecule has 0 amide bonds. The molecule has 0 heterocycles. The molecule has 1 fully saturated rings. The number of rotatable bonds is 3. The summed E-state index contributed by atoms with van der Waals surface area (Å²) in [5.74, 6) is 0.514. The molecule has 1 aliphatic rings. The lowest BCUT2D eigenvalue weighted by Crippen LogP contribution is -2.37. The lowest BCUT2D eigenvalue weighted by Gasteiger charge is -2.35. The molecule has 0 aromatic heterocycles. The minimum atomic E-state index is -0.134. The monoisotopic (exact) mass is 274 g/mol. The molecule has 1 aromatic rings. The van der Waals surface area contributed by atoms with Gasteiger partial charge in [-0.15, -0.1) is 0 Å². The number of halogens is 2. The zero-order chi connectivity index (χ0) is 12.6. The van der Waals surface area contributed by atoms with Crippen LogP contribution in [0.1, 0.15) is 12.8 Å². The van der Waals surface area contributed by atoms with Crippen molar-refractivity contribution < 1.29 is 5.11 Å². The molecule has 0 bridgehead atoms. The van der Waals surface area contributed by atoms with E-state index in [9.17, 15) is 5.11 Å². The molecular weight excluding hydrogens is 259 g/mol. The second-order valence-electron chi connectivity index (χ2n) is 4.70. The van der Waals surface area contributed by atoms with Crippen molar-refractivity contribution in [1.29, 1.82) is 0 Å². The van der Waals surface area contributed by atoms with Gasteiger partial charge < -0.3 is 15.7 Å². The fourth-order valence-electron chi connectivity index (χ4n) is 2.28. The fraction of sp³-hybridized carbons (Fsp3) is 0.500. The Morgan fingerprint density at radius 1 is 1.35 bits per heavy atom. The molecule has 2 rings (SSSR count). The lowest BCUT2D eigenvalue weighted by atomic mass is 9.82. The summed E-state index contributed by atoms with van der Waals surface area (Å²) in [6.45, 7) is 0.848. The van der Waals surface area contributed by atoms with Crippen LogP contribution in [-0.2, 0) is 0 Å². The van der Waals surface area contributed by atoms with Gasteiger partial charge in [0.15, 0.2) is 0 Å². The van der Waals surface area contributed by atoms with Crippen LogP contribution in [0.2, 0.25) is 10.0 Å². The zero-order valence-corrected chi connectivity index (χ0v) is 11.2. The van der Waals surface area contributed by atoms with Gasteiger partial charge in [0.1, 0.15) is 0 Å². The summed E-state index contributed by atoms with van der Waals surface area (Å²) in [6.07, 6.45) is 1.58. The maximum atomic E-state index is 9.26. The summed E-state index contributed by atoms with van der Waals surface area (Å²) in [4.78, 5) is 2.03. The first-order valence-corrected chi connectivity index (χ1v) is 6.36. The minimum absolute atomic E-state index is 0.134. The average molecular weight is 275 g/mol. The van der Waals surface area contributed by atoms with E-state index >= 15 is 0 Å². The van der Waals surface area contributed by atoms with Gasteiger partial charge in [0.05, 0.1) is 21.8 Å². The molecule has 0 saturated heterocycles. The first-order valence-electron chi connectivity index (χ1n) is 5.61. The predicted molar refractivity (Wildman–Crippen MR) is 72.9 cm³/mol. The summed E-state index contributed by atoms with van der Waals surface area (Å²) < 4.78 is 0. The van der Waals surface area contributed by atoms with Gasteiger partial charge in [0.2, 0.25) is 0 Å². The number of benzene rings is 1. The van der Waals surface area contributed by atoms with E-state index in [2.05, 4.69) is 0 Å². The van der Waals surface area contributed by atoms with Gasteiger partial charge >= 0.3 is 0 Å². The number of aliphatic hydroxyl groups is 1. The SMILES string of the molecule is CN(CC1CC(O)C1)c1c(Cl)cc(N)cc1Cl. The quantitative estimate of drug-likeness (QED) is 0.834. The maximum absolute atomic E-state index is 9.26. The Morgan fingerprint density at radius 2 is 1.88 bits per heavy atom. The molecule has 94 valence electrons. The highest BCUT2D eigenvalue weighted by Crippen LogP contribution is 2.37. The molecule has 0 spiro atoms. The highest BCUT2D eigenvalue weighted by atomic mass is 35.5. The van der Waals surface area contributed by atoms with Crippen LogP contribution in [0.3, 0.4) is 0 Å². The van der Waals surface area contributed by atoms with Gasteiger partial charge in [-0.25, -0.2) is 0 Å². The van der Waals surface area contributed by atoms with Gasteiger partial charge in [0, 0.05) is 19.3 Å². The highest BCUT2D eigenvalue weighted by molar-refractivity contribution is 6.39. The fourth-order valence-corrected chi connectivity index (χ4v) is 3.07. The Kier molecular flexibility index (Phi) is 3.71. The predicted octanol–water partition coefficient (Wildman–Crippen LogP) is 2.78. The molecule has 5 heteroatoms. The van der Waals surface area contributed by atoms with Crippen LogP contribution in [0.25, 0.3) is 0 Å². The normalized spacial score (nSPS) is 23.3. The molecule has 1 saturated carbocycles. The van der Waals surface area contributed by atoms with E-state index in [4.69, 9.17) is 28.9 Å². The number of anilines is 2. The van der Waals surface area contributed by atoms with Crippen LogP contribution < -0.4 is 10.6 Å². The lowest BCUT2D eigenvalue weighted by molar-refractivity contribution is 0.0465. The van der Waals surface area contributed by atoms with Crippen LogP contribution in [0.15, 0.2) is 12.1 Å². The Hall–Kier alpha value is -0.640. The van der Waals surface area contributed by atoms with Crippen LogP contribution in [-0.4, -0.2) is 24.8 Å². The second-order valence-corrected chi connectivity index (χ2v) is 5.52. The Morgan fingerprint density at radius 3 is 2.35 bits per heavy atom. The Labute approximate surface area is 111 Å². The number of hydrogen-bond donors (Lipinski definition) is 2. The molecule has 3 nitrogen and oxygen atoms in total. The number of nitrogens with zero attached hydrogens (tertiary/aromatic N) is 1. The zero-order valence-electron chi connectivity index (χ0n) is 9.66. The molecular formula is C12H16Cl2N2O. The van der Waals surface area contributed by atoms with Gasteiger partial charge in [-0.1, -0.05) is 23.2 Å². The Bertz CT molecular complexity index is 396. The van der Waals surface area contributed by atoms with E-state index in [0.29, 0.717) is 21.7 Å². The molecule has 17 heavy (non-hydrogen) atoms. The van der Waals surface area contributed by atoms with Crippen molar-refractivity contribution in [2.75, 3.05) is 24.2 Å². The minimum Gasteiger partial charge on any atom is -0.399 e. The highest BCUT2D eigenvalue weighted by Gasteiger charge is 2.28. The van der Waals surface area contributed by atoms with Crippen molar-refractivity contribution in [3.8, 4) is 0 Å². The van der Waals surface area contributed by atoms with Crippen molar-refractivity contribution in [2.24, 2.45) is 5.92 Å². The summed E-state index contributed by atoms with van der Waals surface area (Å²) >= 11 is 12.3. The molecule has 0 aliphatic heterocycles. The third-order valence-electron chi connectivity index (χ3n) is 3.16. The largest absolute Gasteiger partial charge is 0.399 e. The van der Waals surface area contributed by atoms with E-state index in [-0.39, 0.29) is 6.10 Å². The maximum Gasteiger partial charge on any atom is 0.0743 e. The Balaban J connectivity index is 2.10. The van der Waals surface area contributed by atoms with Crippen molar-refractivity contribution in [3.63, 3.8) is 0 Å². The van der Waals surface area contributed by atoms with Crippen LogP contribution in [0, 0.1) is 5.92 Å². The topological polar surface area (TPSA) is 49.5 Å². The first kappa shape index (κ1) is 12.8. The molecule has 3 N–H and O–H groups in total. The number of nitrogens with two attached hydrogens (primary N) is 1. The smallest absolute Gasteiger partial charge is 0.0743 e. The summed E-state index contributed by atoms with van der Waals surface area (Å²) in [6, 6.07) is 3.41. The van der Waals surface area contributed by atoms with E-state index in [1.165, 1.54) is 0 Å². The van der Waals surface area contributed by atoms with E-state index < -0.39 is 0 Å². The number of aliphatic hydroxyl groups excluding tert-OH is 1. The molecule has 1 aliphatic carbocycles. The van der Waals surface area contributed by atoms with Crippen LogP contribution in [0.4, 0.5) is 11.4 Å². The third kappa shape index (κ3) is 2.79. The van der Waals surface area contributed by atoms with Crippen molar-refractivity contribution in [1.82, 2.24) is 0 Å². The van der Waals surface area contributed by atoms with Crippen molar-refractivity contribution >= 4 is 34.6 Å². The van der Waals surface area contributed by atoms with Crippen LogP contribution >= 0.6 is 23.2 Å². The van der Waals surface area contributed by atoms with Gasteiger partial charge in [-0.05, 0) is 30.9 Å². The number of nitrogen functional groups attached to an aromatic ring is 1.